The van der Waals surface area contributed by atoms with Crippen molar-refractivity contribution < 1.29 is 5.11 Å². The van der Waals surface area contributed by atoms with Crippen molar-refractivity contribution >= 4 is 33.9 Å². The fourth-order valence-corrected chi connectivity index (χ4v) is 1.79. The minimum atomic E-state index is 0.243. The van der Waals surface area contributed by atoms with Gasteiger partial charge in [-0.1, -0.05) is 30.3 Å². The van der Waals surface area contributed by atoms with Gasteiger partial charge >= 0.3 is 0 Å². The van der Waals surface area contributed by atoms with Gasteiger partial charge in [-0.15, -0.1) is 0 Å². The number of benzene rings is 2. The molecule has 0 saturated carbocycles. The van der Waals surface area contributed by atoms with Crippen molar-refractivity contribution in [2.24, 2.45) is 4.99 Å². The number of rotatable bonds is 3. The molecule has 0 amide bonds. The summed E-state index contributed by atoms with van der Waals surface area (Å²) in [6, 6.07) is 16.7. The van der Waals surface area contributed by atoms with Crippen LogP contribution in [0.4, 0.5) is 5.69 Å². The standard InChI is InChI=1S/C15H12BrNO/c16-13(10-12-4-2-1-3-5-12)11-17-14-6-8-15(18)9-7-14/h1-11,18H. The van der Waals surface area contributed by atoms with E-state index in [1.54, 1.807) is 30.5 Å². The number of aliphatic imine (C=N–C) groups is 1. The van der Waals surface area contributed by atoms with E-state index in [0.717, 1.165) is 15.7 Å². The maximum Gasteiger partial charge on any atom is 0.115 e. The number of aromatic hydroxyl groups is 1. The molecule has 3 heteroatoms. The first-order valence-electron chi connectivity index (χ1n) is 5.49. The normalized spacial score (nSPS) is 11.9. The predicted molar refractivity (Wildman–Crippen MR) is 79.6 cm³/mol. The number of hydrogen-bond acceptors (Lipinski definition) is 2. The van der Waals surface area contributed by atoms with E-state index in [2.05, 4.69) is 20.9 Å². The molecule has 0 aliphatic carbocycles. The lowest BCUT2D eigenvalue weighted by molar-refractivity contribution is 0.475. The van der Waals surface area contributed by atoms with Crippen molar-refractivity contribution in [2.45, 2.75) is 0 Å². The van der Waals surface area contributed by atoms with Crippen LogP contribution in [0.2, 0.25) is 0 Å². The smallest absolute Gasteiger partial charge is 0.115 e. The van der Waals surface area contributed by atoms with Gasteiger partial charge in [-0.3, -0.25) is 4.99 Å². The quantitative estimate of drug-likeness (QED) is 0.830. The van der Waals surface area contributed by atoms with Gasteiger partial charge in [0.2, 0.25) is 0 Å². The fraction of sp³-hybridized carbons (Fsp3) is 0. The molecule has 0 aliphatic rings. The molecule has 0 aromatic heterocycles. The van der Waals surface area contributed by atoms with E-state index in [9.17, 15) is 0 Å². The summed E-state index contributed by atoms with van der Waals surface area (Å²) in [5.74, 6) is 0.243. The first-order chi connectivity index (χ1) is 8.74. The lowest BCUT2D eigenvalue weighted by atomic mass is 10.2. The molecule has 2 aromatic carbocycles. The highest BCUT2D eigenvalue weighted by Gasteiger charge is 1.91. The number of phenols is 1. The Morgan fingerprint density at radius 2 is 1.67 bits per heavy atom. The molecule has 2 nitrogen and oxygen atoms in total. The molecule has 0 bridgehead atoms. The van der Waals surface area contributed by atoms with Crippen molar-refractivity contribution in [1.82, 2.24) is 0 Å². The Labute approximate surface area is 114 Å². The molecule has 0 aliphatic heterocycles. The number of halogens is 1. The third-order valence-electron chi connectivity index (χ3n) is 2.29. The summed E-state index contributed by atoms with van der Waals surface area (Å²) in [5.41, 5.74) is 1.91. The van der Waals surface area contributed by atoms with Gasteiger partial charge in [0.25, 0.3) is 0 Å². The summed E-state index contributed by atoms with van der Waals surface area (Å²) in [4.78, 5) is 4.29. The summed E-state index contributed by atoms with van der Waals surface area (Å²) >= 11 is 3.45. The van der Waals surface area contributed by atoms with Crippen molar-refractivity contribution in [3.8, 4) is 5.75 Å². The van der Waals surface area contributed by atoms with Crippen molar-refractivity contribution in [1.29, 1.82) is 0 Å². The average Bonchev–Trinajstić information content (AvgIpc) is 2.39. The molecule has 0 saturated heterocycles. The molecule has 1 N–H and O–H groups in total. The molecule has 0 unspecified atom stereocenters. The Hall–Kier alpha value is -1.87. The van der Waals surface area contributed by atoms with E-state index in [1.165, 1.54) is 0 Å². The van der Waals surface area contributed by atoms with Gasteiger partial charge in [-0.2, -0.15) is 0 Å². The first kappa shape index (κ1) is 12.6. The second-order valence-corrected chi connectivity index (χ2v) is 4.63. The summed E-state index contributed by atoms with van der Waals surface area (Å²) < 4.78 is 0.891. The van der Waals surface area contributed by atoms with E-state index in [0.29, 0.717) is 0 Å². The monoisotopic (exact) mass is 301 g/mol. The zero-order valence-corrected chi connectivity index (χ0v) is 11.2. The predicted octanol–water partition coefficient (Wildman–Crippen LogP) is 4.53. The number of nitrogens with zero attached hydrogens (tertiary/aromatic N) is 1. The molecule has 18 heavy (non-hydrogen) atoms. The van der Waals surface area contributed by atoms with Crippen LogP contribution in [0.15, 0.2) is 64.1 Å². The molecule has 2 rings (SSSR count). The average molecular weight is 302 g/mol. The van der Waals surface area contributed by atoms with Gasteiger partial charge in [0.15, 0.2) is 0 Å². The molecular weight excluding hydrogens is 290 g/mol. The van der Waals surface area contributed by atoms with Gasteiger partial charge in [0.05, 0.1) is 5.69 Å². The Balaban J connectivity index is 2.09. The highest BCUT2D eigenvalue weighted by Crippen LogP contribution is 2.17. The minimum absolute atomic E-state index is 0.243. The highest BCUT2D eigenvalue weighted by molar-refractivity contribution is 9.12. The number of phenolic OH excluding ortho intramolecular Hbond substituents is 1. The van der Waals surface area contributed by atoms with Crippen molar-refractivity contribution in [3.05, 3.63) is 64.6 Å². The summed E-state index contributed by atoms with van der Waals surface area (Å²) in [6.07, 6.45) is 3.73. The maximum absolute atomic E-state index is 9.16. The van der Waals surface area contributed by atoms with E-state index in [-0.39, 0.29) is 5.75 Å². The SMILES string of the molecule is Oc1ccc(N=CC(Br)=Cc2ccccc2)cc1. The summed E-state index contributed by atoms with van der Waals surface area (Å²) in [6.45, 7) is 0. The van der Waals surface area contributed by atoms with Crippen LogP contribution in [0.3, 0.4) is 0 Å². The molecule has 0 atom stereocenters. The maximum atomic E-state index is 9.16. The first-order valence-corrected chi connectivity index (χ1v) is 6.29. The van der Waals surface area contributed by atoms with Gasteiger partial charge in [-0.05, 0) is 51.8 Å². The second-order valence-electron chi connectivity index (χ2n) is 3.71. The summed E-state index contributed by atoms with van der Waals surface area (Å²) in [5, 5.41) is 9.16. The third-order valence-corrected chi connectivity index (χ3v) is 2.72. The highest BCUT2D eigenvalue weighted by atomic mass is 79.9. The molecular formula is C15H12BrNO. The second kappa shape index (κ2) is 6.17. The zero-order valence-electron chi connectivity index (χ0n) is 9.62. The Kier molecular flexibility index (Phi) is 4.31. The van der Waals surface area contributed by atoms with Crippen LogP contribution < -0.4 is 0 Å². The van der Waals surface area contributed by atoms with Crippen molar-refractivity contribution in [2.75, 3.05) is 0 Å². The largest absolute Gasteiger partial charge is 0.508 e. The zero-order chi connectivity index (χ0) is 12.8. The number of allylic oxidation sites excluding steroid dienone is 1. The van der Waals surface area contributed by atoms with Gasteiger partial charge in [0.1, 0.15) is 5.75 Å². The van der Waals surface area contributed by atoms with E-state index in [4.69, 9.17) is 5.11 Å². The lowest BCUT2D eigenvalue weighted by Gasteiger charge is -1.95. The van der Waals surface area contributed by atoms with Crippen LogP contribution in [-0.2, 0) is 0 Å². The molecule has 0 spiro atoms. The Morgan fingerprint density at radius 1 is 1.00 bits per heavy atom. The van der Waals surface area contributed by atoms with Gasteiger partial charge in [-0.25, -0.2) is 0 Å². The molecule has 0 radical (unpaired) electrons. The third kappa shape index (κ3) is 3.86. The van der Waals surface area contributed by atoms with Crippen LogP contribution in [0.5, 0.6) is 5.75 Å². The summed E-state index contributed by atoms with van der Waals surface area (Å²) in [7, 11) is 0. The minimum Gasteiger partial charge on any atom is -0.508 e. The van der Waals surface area contributed by atoms with Crippen molar-refractivity contribution in [3.63, 3.8) is 0 Å². The topological polar surface area (TPSA) is 32.6 Å². The van der Waals surface area contributed by atoms with Crippen LogP contribution >= 0.6 is 15.9 Å². The van der Waals surface area contributed by atoms with Gasteiger partial charge < -0.3 is 5.11 Å². The van der Waals surface area contributed by atoms with E-state index in [1.807, 2.05) is 36.4 Å². The van der Waals surface area contributed by atoms with Crippen LogP contribution in [0, 0.1) is 0 Å². The Morgan fingerprint density at radius 3 is 2.33 bits per heavy atom. The van der Waals surface area contributed by atoms with Crippen LogP contribution in [0.25, 0.3) is 6.08 Å². The van der Waals surface area contributed by atoms with Crippen LogP contribution in [0.1, 0.15) is 5.56 Å². The molecule has 90 valence electrons. The fourth-order valence-electron chi connectivity index (χ4n) is 1.42. The number of hydrogen-bond donors (Lipinski definition) is 1. The molecule has 0 heterocycles. The van der Waals surface area contributed by atoms with E-state index >= 15 is 0 Å². The van der Waals surface area contributed by atoms with Gasteiger partial charge in [0, 0.05) is 10.7 Å². The van der Waals surface area contributed by atoms with E-state index < -0.39 is 0 Å². The lowest BCUT2D eigenvalue weighted by Crippen LogP contribution is -1.75. The Bertz CT molecular complexity index is 559. The van der Waals surface area contributed by atoms with Crippen LogP contribution in [-0.4, -0.2) is 11.3 Å². The molecule has 0 fully saturated rings. The molecule has 2 aromatic rings.